The first kappa shape index (κ1) is 22.3. The fraction of sp³-hybridized carbons (Fsp3) is 0.429. The highest BCUT2D eigenvalue weighted by Gasteiger charge is 2.31. The average Bonchev–Trinajstić information content (AvgIpc) is 3.10. The van der Waals surface area contributed by atoms with E-state index in [9.17, 15) is 9.59 Å². The molecule has 2 amide bonds. The Hall–Kier alpha value is -1.41. The number of carbonyl (C=O) groups excluding carboxylic acids is 2. The van der Waals surface area contributed by atoms with E-state index in [0.29, 0.717) is 23.7 Å². The lowest BCUT2D eigenvalue weighted by Gasteiger charge is -2.37. The molecule has 1 saturated heterocycles. The highest BCUT2D eigenvalue weighted by molar-refractivity contribution is 9.11. The van der Waals surface area contributed by atoms with E-state index in [0.717, 1.165) is 23.4 Å². The van der Waals surface area contributed by atoms with Crippen molar-refractivity contribution in [2.24, 2.45) is 5.92 Å². The highest BCUT2D eigenvalue weighted by atomic mass is 79.9. The Labute approximate surface area is 189 Å². The van der Waals surface area contributed by atoms with E-state index in [-0.39, 0.29) is 17.7 Å². The van der Waals surface area contributed by atoms with E-state index >= 15 is 0 Å². The van der Waals surface area contributed by atoms with Crippen LogP contribution in [-0.2, 0) is 11.3 Å². The van der Waals surface area contributed by atoms with Crippen molar-refractivity contribution in [1.82, 2.24) is 15.1 Å². The number of thiophene rings is 1. The van der Waals surface area contributed by atoms with E-state index in [2.05, 4.69) is 38.3 Å². The van der Waals surface area contributed by atoms with Crippen LogP contribution < -0.4 is 5.32 Å². The van der Waals surface area contributed by atoms with E-state index < -0.39 is 6.04 Å². The summed E-state index contributed by atoms with van der Waals surface area (Å²) >= 11 is 11.4. The Kier molecular flexibility index (Phi) is 7.73. The first-order valence-electron chi connectivity index (χ1n) is 9.66. The van der Waals surface area contributed by atoms with Crippen LogP contribution in [0, 0.1) is 5.92 Å². The summed E-state index contributed by atoms with van der Waals surface area (Å²) in [7, 11) is 0. The van der Waals surface area contributed by atoms with Crippen molar-refractivity contribution in [2.45, 2.75) is 26.4 Å². The third-order valence-electron chi connectivity index (χ3n) is 5.03. The van der Waals surface area contributed by atoms with Crippen LogP contribution in [0.3, 0.4) is 0 Å². The smallest absolute Gasteiger partial charge is 0.253 e. The second-order valence-electron chi connectivity index (χ2n) is 7.48. The first-order chi connectivity index (χ1) is 13.8. The van der Waals surface area contributed by atoms with E-state index in [1.165, 1.54) is 4.88 Å². The van der Waals surface area contributed by atoms with E-state index in [1.54, 1.807) is 35.6 Å². The molecule has 1 atom stereocenters. The number of nitrogens with one attached hydrogen (secondary N) is 1. The maximum atomic E-state index is 13.1. The molecule has 8 heteroatoms. The van der Waals surface area contributed by atoms with Crippen LogP contribution >= 0.6 is 38.9 Å². The second kappa shape index (κ2) is 10.1. The Morgan fingerprint density at radius 3 is 2.41 bits per heavy atom. The fourth-order valence-corrected chi connectivity index (χ4v) is 5.11. The number of nitrogens with zero attached hydrogens (tertiary/aromatic N) is 2. The molecule has 1 aliphatic rings. The maximum Gasteiger partial charge on any atom is 0.253 e. The van der Waals surface area contributed by atoms with Gasteiger partial charge in [-0.05, 0) is 46.1 Å². The molecule has 0 radical (unpaired) electrons. The molecule has 2 aromatic rings. The Bertz CT molecular complexity index is 865. The number of benzene rings is 1. The fourth-order valence-electron chi connectivity index (χ4n) is 3.36. The van der Waals surface area contributed by atoms with Gasteiger partial charge < -0.3 is 10.2 Å². The van der Waals surface area contributed by atoms with Crippen LogP contribution in [0.25, 0.3) is 0 Å². The molecule has 5 nitrogen and oxygen atoms in total. The average molecular weight is 499 g/mol. The van der Waals surface area contributed by atoms with Crippen molar-refractivity contribution in [3.63, 3.8) is 0 Å². The zero-order valence-corrected chi connectivity index (χ0v) is 19.7. The molecule has 156 valence electrons. The minimum atomic E-state index is -0.571. The van der Waals surface area contributed by atoms with Crippen molar-refractivity contribution < 1.29 is 9.59 Å². The summed E-state index contributed by atoms with van der Waals surface area (Å²) in [6, 6.07) is 10.5. The zero-order chi connectivity index (χ0) is 21.0. The molecule has 0 unspecified atom stereocenters. The molecule has 1 fully saturated rings. The number of rotatable bonds is 6. The Morgan fingerprint density at radius 2 is 1.83 bits per heavy atom. The predicted octanol–water partition coefficient (Wildman–Crippen LogP) is 4.26. The van der Waals surface area contributed by atoms with Gasteiger partial charge in [0.2, 0.25) is 5.91 Å². The predicted molar refractivity (Wildman–Crippen MR) is 121 cm³/mol. The third-order valence-corrected chi connectivity index (χ3v) is 6.97. The molecular weight excluding hydrogens is 474 g/mol. The standard InChI is InChI=1S/C21H25BrClN3O2S/c1-14(2)19(24-20(27)16-5-3-4-6-17(16)23)21(28)26-11-9-25(10-12-26)13-15-7-8-18(22)29-15/h3-8,14,19H,9-13H2,1-2H3,(H,24,27)/t19-/m0/s1. The molecule has 1 aromatic carbocycles. The monoisotopic (exact) mass is 497 g/mol. The van der Waals surface area contributed by atoms with E-state index in [4.69, 9.17) is 11.6 Å². The number of carbonyl (C=O) groups is 2. The minimum absolute atomic E-state index is 0.0181. The van der Waals surface area contributed by atoms with Gasteiger partial charge in [0, 0.05) is 37.6 Å². The largest absolute Gasteiger partial charge is 0.340 e. The van der Waals surface area contributed by atoms with Gasteiger partial charge in [-0.25, -0.2) is 0 Å². The molecule has 2 heterocycles. The molecule has 0 aliphatic carbocycles. The number of halogens is 2. The number of hydrogen-bond acceptors (Lipinski definition) is 4. The van der Waals surface area contributed by atoms with E-state index in [1.807, 2.05) is 18.7 Å². The first-order valence-corrected chi connectivity index (χ1v) is 11.6. The van der Waals surface area contributed by atoms with Crippen molar-refractivity contribution in [2.75, 3.05) is 26.2 Å². The Morgan fingerprint density at radius 1 is 1.14 bits per heavy atom. The molecule has 0 saturated carbocycles. The van der Waals surface area contributed by atoms with Gasteiger partial charge in [0.05, 0.1) is 14.4 Å². The van der Waals surface area contributed by atoms with Gasteiger partial charge in [-0.1, -0.05) is 37.6 Å². The van der Waals surface area contributed by atoms with Gasteiger partial charge in [0.1, 0.15) is 6.04 Å². The van der Waals surface area contributed by atoms with Gasteiger partial charge >= 0.3 is 0 Å². The van der Waals surface area contributed by atoms with Crippen molar-refractivity contribution >= 4 is 50.7 Å². The highest BCUT2D eigenvalue weighted by Crippen LogP contribution is 2.24. The topological polar surface area (TPSA) is 52.7 Å². The summed E-state index contributed by atoms with van der Waals surface area (Å²) in [5, 5.41) is 3.28. The summed E-state index contributed by atoms with van der Waals surface area (Å²) in [5.74, 6) is -0.362. The van der Waals surface area contributed by atoms with Crippen LogP contribution in [0.5, 0.6) is 0 Å². The van der Waals surface area contributed by atoms with Crippen molar-refractivity contribution in [1.29, 1.82) is 0 Å². The van der Waals surface area contributed by atoms with Gasteiger partial charge in [-0.15, -0.1) is 11.3 Å². The van der Waals surface area contributed by atoms with Crippen LogP contribution in [0.2, 0.25) is 5.02 Å². The van der Waals surface area contributed by atoms with Gasteiger partial charge in [-0.3, -0.25) is 14.5 Å². The van der Waals surface area contributed by atoms with Crippen LogP contribution in [0.1, 0.15) is 29.1 Å². The number of hydrogen-bond donors (Lipinski definition) is 1. The maximum absolute atomic E-state index is 13.1. The molecule has 1 aliphatic heterocycles. The van der Waals surface area contributed by atoms with Gasteiger partial charge in [-0.2, -0.15) is 0 Å². The number of amides is 2. The summed E-state index contributed by atoms with van der Waals surface area (Å²) in [6.07, 6.45) is 0. The molecule has 0 bridgehead atoms. The second-order valence-corrected chi connectivity index (χ2v) is 10.4. The normalized spacial score (nSPS) is 16.1. The molecular formula is C21H25BrClN3O2S. The minimum Gasteiger partial charge on any atom is -0.340 e. The zero-order valence-electron chi connectivity index (χ0n) is 16.5. The number of piperazine rings is 1. The SMILES string of the molecule is CC(C)[C@H](NC(=O)c1ccccc1Cl)C(=O)N1CCN(Cc2ccc(Br)s2)CC1. The molecule has 1 N–H and O–H groups in total. The molecule has 1 aromatic heterocycles. The lowest BCUT2D eigenvalue weighted by molar-refractivity contribution is -0.136. The third kappa shape index (κ3) is 5.81. The summed E-state index contributed by atoms with van der Waals surface area (Å²) in [4.78, 5) is 31.3. The Balaban J connectivity index is 1.58. The lowest BCUT2D eigenvalue weighted by Crippen LogP contribution is -2.56. The van der Waals surface area contributed by atoms with Gasteiger partial charge in [0.25, 0.3) is 5.91 Å². The summed E-state index contributed by atoms with van der Waals surface area (Å²) in [5.41, 5.74) is 0.388. The molecule has 3 rings (SSSR count). The quantitative estimate of drug-likeness (QED) is 0.647. The lowest BCUT2D eigenvalue weighted by atomic mass is 10.0. The van der Waals surface area contributed by atoms with Crippen LogP contribution in [0.4, 0.5) is 0 Å². The van der Waals surface area contributed by atoms with Gasteiger partial charge in [0.15, 0.2) is 0 Å². The molecule has 0 spiro atoms. The van der Waals surface area contributed by atoms with Crippen molar-refractivity contribution in [3.8, 4) is 0 Å². The molecule has 29 heavy (non-hydrogen) atoms. The summed E-state index contributed by atoms with van der Waals surface area (Å²) < 4.78 is 1.13. The van der Waals surface area contributed by atoms with Crippen molar-refractivity contribution in [3.05, 3.63) is 55.6 Å². The van der Waals surface area contributed by atoms with Crippen LogP contribution in [-0.4, -0.2) is 53.8 Å². The van der Waals surface area contributed by atoms with Crippen LogP contribution in [0.15, 0.2) is 40.2 Å². The summed E-state index contributed by atoms with van der Waals surface area (Å²) in [6.45, 7) is 7.76.